The van der Waals surface area contributed by atoms with Crippen LogP contribution in [0.5, 0.6) is 0 Å². The van der Waals surface area contributed by atoms with E-state index in [1.807, 2.05) is 0 Å². The summed E-state index contributed by atoms with van der Waals surface area (Å²) in [6.07, 6.45) is 2.01. The summed E-state index contributed by atoms with van der Waals surface area (Å²) in [5.74, 6) is -1.41. The van der Waals surface area contributed by atoms with Crippen molar-refractivity contribution >= 4 is 113 Å². The Kier molecular flexibility index (Phi) is 10.9. The number of ketones is 2. The molecule has 12 heteroatoms. The third kappa shape index (κ3) is 8.21. The number of hydrogen-bond donors (Lipinski definition) is 0. The molecule has 0 aromatic rings. The van der Waals surface area contributed by atoms with Gasteiger partial charge in [0.1, 0.15) is 11.5 Å². The maximum atomic E-state index is 11.8. The summed E-state index contributed by atoms with van der Waals surface area (Å²) in [7, 11) is 2.63. The molecule has 0 radical (unpaired) electrons. The van der Waals surface area contributed by atoms with Gasteiger partial charge in [-0.1, -0.05) is 101 Å². The summed E-state index contributed by atoms with van der Waals surface area (Å²) in [4.78, 5) is 22.2. The first-order valence-corrected chi connectivity index (χ1v) is 9.87. The van der Waals surface area contributed by atoms with Crippen LogP contribution in [0, 0.1) is 0 Å². The molecule has 0 fully saturated rings. The van der Waals surface area contributed by atoms with Gasteiger partial charge in [0.05, 0.1) is 23.9 Å². The number of carbonyl (C=O) groups excluding carboxylic acids is 2. The Balaban J connectivity index is 5.54. The number of carbonyl (C=O) groups is 2. The first kappa shape index (κ1) is 25.1. The SMILES string of the molecule is CO/C(=C/C(=O)C(Cl)(Cl)Cl)C(Br)C(Br)/C(=C\C(=O)C(Cl)(Cl)Cl)OC. The van der Waals surface area contributed by atoms with E-state index in [1.54, 1.807) is 0 Å². The van der Waals surface area contributed by atoms with Crippen LogP contribution in [0.1, 0.15) is 0 Å². The van der Waals surface area contributed by atoms with Gasteiger partial charge in [0.2, 0.25) is 11.6 Å². The highest BCUT2D eigenvalue weighted by molar-refractivity contribution is 9.12. The van der Waals surface area contributed by atoms with E-state index in [0.29, 0.717) is 0 Å². The Morgan fingerprint density at radius 2 is 1.04 bits per heavy atom. The van der Waals surface area contributed by atoms with Crippen molar-refractivity contribution in [2.45, 2.75) is 17.2 Å². The van der Waals surface area contributed by atoms with Crippen LogP contribution in [-0.4, -0.2) is 43.0 Å². The number of alkyl halides is 8. The van der Waals surface area contributed by atoms with Crippen molar-refractivity contribution in [1.29, 1.82) is 0 Å². The molecular formula is C12H10Br2Cl6O4. The van der Waals surface area contributed by atoms with Gasteiger partial charge in [-0.25, -0.2) is 0 Å². The normalized spacial score (nSPS) is 16.4. The van der Waals surface area contributed by atoms with Crippen LogP contribution in [0.3, 0.4) is 0 Å². The molecule has 0 aliphatic carbocycles. The Morgan fingerprint density at radius 3 is 1.21 bits per heavy atom. The molecule has 0 saturated carbocycles. The van der Waals surface area contributed by atoms with Gasteiger partial charge < -0.3 is 9.47 Å². The molecule has 4 nitrogen and oxygen atoms in total. The van der Waals surface area contributed by atoms with Crippen molar-refractivity contribution in [3.63, 3.8) is 0 Å². The van der Waals surface area contributed by atoms with Gasteiger partial charge in [0.15, 0.2) is 0 Å². The third-order valence-electron chi connectivity index (χ3n) is 2.38. The molecule has 0 aliphatic rings. The summed E-state index contributed by atoms with van der Waals surface area (Å²) in [6, 6.07) is 0. The number of rotatable bonds is 7. The molecule has 0 heterocycles. The molecule has 138 valence electrons. The highest BCUT2D eigenvalue weighted by Crippen LogP contribution is 2.33. The van der Waals surface area contributed by atoms with Gasteiger partial charge in [0.25, 0.3) is 7.59 Å². The van der Waals surface area contributed by atoms with Crippen LogP contribution in [0.4, 0.5) is 0 Å². The largest absolute Gasteiger partial charge is 0.500 e. The molecule has 0 saturated heterocycles. The van der Waals surface area contributed by atoms with E-state index in [4.69, 9.17) is 79.1 Å². The fourth-order valence-corrected chi connectivity index (χ4v) is 2.70. The van der Waals surface area contributed by atoms with Gasteiger partial charge >= 0.3 is 0 Å². The van der Waals surface area contributed by atoms with E-state index < -0.39 is 28.8 Å². The van der Waals surface area contributed by atoms with Crippen LogP contribution in [-0.2, 0) is 19.1 Å². The molecule has 0 rings (SSSR count). The van der Waals surface area contributed by atoms with Crippen LogP contribution in [0.2, 0.25) is 0 Å². The van der Waals surface area contributed by atoms with Crippen molar-refractivity contribution in [2.24, 2.45) is 0 Å². The van der Waals surface area contributed by atoms with Gasteiger partial charge in [-0.05, 0) is 0 Å². The monoisotopic (exact) mass is 586 g/mol. The summed E-state index contributed by atoms with van der Waals surface area (Å²) >= 11 is 39.6. The highest BCUT2D eigenvalue weighted by atomic mass is 79.9. The average molecular weight is 591 g/mol. The van der Waals surface area contributed by atoms with Gasteiger partial charge in [-0.15, -0.1) is 0 Å². The fourth-order valence-electron chi connectivity index (χ4n) is 1.21. The van der Waals surface area contributed by atoms with Gasteiger partial charge in [-0.2, -0.15) is 0 Å². The second-order valence-corrected chi connectivity index (χ2v) is 10.6. The van der Waals surface area contributed by atoms with Crippen molar-refractivity contribution < 1.29 is 19.1 Å². The molecule has 0 aromatic carbocycles. The minimum Gasteiger partial charge on any atom is -0.500 e. The summed E-state index contributed by atoms with van der Waals surface area (Å²) in [5, 5.41) is 0. The maximum absolute atomic E-state index is 11.8. The molecule has 0 N–H and O–H groups in total. The highest BCUT2D eigenvalue weighted by Gasteiger charge is 2.34. The van der Waals surface area contributed by atoms with Gasteiger partial charge in [0, 0.05) is 12.2 Å². The number of ether oxygens (including phenoxy) is 2. The predicted molar refractivity (Wildman–Crippen MR) is 106 cm³/mol. The van der Waals surface area contributed by atoms with Crippen molar-refractivity contribution in [1.82, 2.24) is 0 Å². The quantitative estimate of drug-likeness (QED) is 0.225. The molecule has 2 unspecified atom stereocenters. The average Bonchev–Trinajstić information content (AvgIpc) is 2.46. The predicted octanol–water partition coefficient (Wildman–Crippen LogP) is 5.45. The standard InChI is InChI=1S/C12H10Br2Cl6O4/c1-23-5(3-7(21)11(15,16)17)9(13)10(14)6(24-2)4-8(22)12(18,19)20/h3-4,9-10H,1-2H3/b5-3+,6-4+. The number of halogens is 8. The zero-order chi connectivity index (χ0) is 19.3. The van der Waals surface area contributed by atoms with Crippen LogP contribution < -0.4 is 0 Å². The van der Waals surface area contributed by atoms with E-state index in [2.05, 4.69) is 31.9 Å². The minimum absolute atomic E-state index is 0.109. The zero-order valence-corrected chi connectivity index (χ0v) is 19.7. The van der Waals surface area contributed by atoms with Crippen molar-refractivity contribution in [3.05, 3.63) is 23.7 Å². The lowest BCUT2D eigenvalue weighted by Gasteiger charge is -2.21. The molecular weight excluding hydrogens is 581 g/mol. The van der Waals surface area contributed by atoms with Crippen LogP contribution in [0.25, 0.3) is 0 Å². The molecule has 0 aromatic heterocycles. The Bertz CT molecular complexity index is 491. The summed E-state index contributed by atoms with van der Waals surface area (Å²) < 4.78 is 5.94. The Hall–Kier alpha value is 1.12. The molecule has 24 heavy (non-hydrogen) atoms. The molecule has 0 bridgehead atoms. The lowest BCUT2D eigenvalue weighted by Crippen LogP contribution is -2.25. The zero-order valence-electron chi connectivity index (χ0n) is 12.0. The lowest BCUT2D eigenvalue weighted by molar-refractivity contribution is -0.114. The van der Waals surface area contributed by atoms with E-state index in [0.717, 1.165) is 12.2 Å². The number of hydrogen-bond acceptors (Lipinski definition) is 4. The van der Waals surface area contributed by atoms with Crippen molar-refractivity contribution in [3.8, 4) is 0 Å². The fraction of sp³-hybridized carbons (Fsp3) is 0.500. The Labute approximate surface area is 185 Å². The maximum Gasteiger partial charge on any atom is 0.252 e. The van der Waals surface area contributed by atoms with Crippen molar-refractivity contribution in [2.75, 3.05) is 14.2 Å². The lowest BCUT2D eigenvalue weighted by atomic mass is 10.2. The van der Waals surface area contributed by atoms with Crippen LogP contribution >= 0.6 is 101 Å². The first-order chi connectivity index (χ1) is 10.8. The molecule has 2 atom stereocenters. The van der Waals surface area contributed by atoms with Gasteiger partial charge in [-0.3, -0.25) is 9.59 Å². The van der Waals surface area contributed by atoms with E-state index >= 15 is 0 Å². The van der Waals surface area contributed by atoms with E-state index in [1.165, 1.54) is 14.2 Å². The first-order valence-electron chi connectivity index (χ1n) is 5.77. The minimum atomic E-state index is -2.14. The topological polar surface area (TPSA) is 52.6 Å². The smallest absolute Gasteiger partial charge is 0.252 e. The second-order valence-electron chi connectivity index (χ2n) is 4.03. The second kappa shape index (κ2) is 10.5. The third-order valence-corrected chi connectivity index (χ3v) is 6.16. The summed E-state index contributed by atoms with van der Waals surface area (Å²) in [5.41, 5.74) is 0. The number of allylic oxidation sites excluding steroid dienone is 4. The molecule has 0 amide bonds. The van der Waals surface area contributed by atoms with E-state index in [9.17, 15) is 9.59 Å². The molecule has 0 aliphatic heterocycles. The van der Waals surface area contributed by atoms with E-state index in [-0.39, 0.29) is 11.5 Å². The number of methoxy groups -OCH3 is 2. The molecule has 0 spiro atoms. The Morgan fingerprint density at radius 1 is 0.792 bits per heavy atom. The van der Waals surface area contributed by atoms with Crippen LogP contribution in [0.15, 0.2) is 23.7 Å². The summed E-state index contributed by atoms with van der Waals surface area (Å²) in [6.45, 7) is 0.